The SMILES string of the molecule is CCCCCn1c(SCc2cc(=O)n3ccccc3n2)nc2ccc(Br)cc2c1=O. The molecule has 0 aliphatic rings. The third-order valence-corrected chi connectivity index (χ3v) is 6.34. The maximum absolute atomic E-state index is 13.2. The lowest BCUT2D eigenvalue weighted by Crippen LogP contribution is -2.23. The van der Waals surface area contributed by atoms with Gasteiger partial charge in [-0.3, -0.25) is 18.6 Å². The summed E-state index contributed by atoms with van der Waals surface area (Å²) in [6, 6.07) is 12.6. The maximum Gasteiger partial charge on any atom is 0.262 e. The molecule has 1 aromatic carbocycles. The number of rotatable bonds is 7. The lowest BCUT2D eigenvalue weighted by atomic mass is 10.2. The Balaban J connectivity index is 1.70. The second-order valence-electron chi connectivity index (χ2n) is 7.02. The summed E-state index contributed by atoms with van der Waals surface area (Å²) >= 11 is 4.88. The van der Waals surface area contributed by atoms with Crippen molar-refractivity contribution >= 4 is 44.2 Å². The van der Waals surface area contributed by atoms with Crippen molar-refractivity contribution in [2.45, 2.75) is 43.6 Å². The summed E-state index contributed by atoms with van der Waals surface area (Å²) in [7, 11) is 0. The Morgan fingerprint density at radius 1 is 1.07 bits per heavy atom. The fraction of sp³-hybridized carbons (Fsp3) is 0.273. The van der Waals surface area contributed by atoms with Crippen LogP contribution in [-0.4, -0.2) is 18.9 Å². The molecular formula is C22H21BrN4O2S. The Bertz CT molecular complexity index is 1330. The van der Waals surface area contributed by atoms with Gasteiger partial charge in [0.25, 0.3) is 11.1 Å². The molecule has 0 amide bonds. The molecule has 4 aromatic rings. The summed E-state index contributed by atoms with van der Waals surface area (Å²) in [6.07, 6.45) is 4.75. The summed E-state index contributed by atoms with van der Waals surface area (Å²) in [5, 5.41) is 1.26. The standard InChI is InChI=1S/C22H21BrN4O2S/c1-2-3-5-11-27-21(29)17-12-15(23)8-9-18(17)25-22(27)30-14-16-13-20(28)26-10-6-4-7-19(26)24-16/h4,6-10,12-13H,2-3,5,11,14H2,1H3. The van der Waals surface area contributed by atoms with Gasteiger partial charge in [-0.2, -0.15) is 0 Å². The molecule has 3 heterocycles. The van der Waals surface area contributed by atoms with Gasteiger partial charge >= 0.3 is 0 Å². The van der Waals surface area contributed by atoms with Gasteiger partial charge in [-0.1, -0.05) is 53.5 Å². The van der Waals surface area contributed by atoms with E-state index in [0.29, 0.717) is 39.7 Å². The number of fused-ring (bicyclic) bond motifs is 2. The van der Waals surface area contributed by atoms with Crippen LogP contribution in [0.5, 0.6) is 0 Å². The first-order valence-electron chi connectivity index (χ1n) is 9.87. The van der Waals surface area contributed by atoms with Crippen molar-refractivity contribution < 1.29 is 0 Å². The van der Waals surface area contributed by atoms with Crippen LogP contribution in [-0.2, 0) is 12.3 Å². The van der Waals surface area contributed by atoms with Crippen molar-refractivity contribution in [3.05, 3.63) is 79.5 Å². The first-order valence-corrected chi connectivity index (χ1v) is 11.6. The zero-order chi connectivity index (χ0) is 21.1. The Labute approximate surface area is 186 Å². The summed E-state index contributed by atoms with van der Waals surface area (Å²) in [4.78, 5) is 34.8. The quantitative estimate of drug-likeness (QED) is 0.217. The topological polar surface area (TPSA) is 69.3 Å². The van der Waals surface area contributed by atoms with Crippen LogP contribution >= 0.6 is 27.7 Å². The molecular weight excluding hydrogens is 464 g/mol. The Morgan fingerprint density at radius 3 is 2.77 bits per heavy atom. The van der Waals surface area contributed by atoms with Crippen LogP contribution in [0.1, 0.15) is 31.9 Å². The lowest BCUT2D eigenvalue weighted by molar-refractivity contribution is 0.541. The predicted molar refractivity (Wildman–Crippen MR) is 124 cm³/mol. The highest BCUT2D eigenvalue weighted by molar-refractivity contribution is 9.10. The monoisotopic (exact) mass is 484 g/mol. The largest absolute Gasteiger partial charge is 0.287 e. The van der Waals surface area contributed by atoms with Crippen LogP contribution in [0.15, 0.2) is 67.9 Å². The van der Waals surface area contributed by atoms with Crippen molar-refractivity contribution in [2.24, 2.45) is 0 Å². The van der Waals surface area contributed by atoms with Gasteiger partial charge in [0.15, 0.2) is 5.16 Å². The van der Waals surface area contributed by atoms with Crippen molar-refractivity contribution in [3.8, 4) is 0 Å². The molecule has 0 saturated carbocycles. The van der Waals surface area contributed by atoms with Gasteiger partial charge in [0, 0.05) is 29.0 Å². The van der Waals surface area contributed by atoms with E-state index >= 15 is 0 Å². The van der Waals surface area contributed by atoms with E-state index in [1.807, 2.05) is 30.3 Å². The van der Waals surface area contributed by atoms with Gasteiger partial charge in [0.1, 0.15) is 5.65 Å². The van der Waals surface area contributed by atoms with Crippen molar-refractivity contribution in [1.29, 1.82) is 0 Å². The fourth-order valence-electron chi connectivity index (χ4n) is 3.32. The molecule has 6 nitrogen and oxygen atoms in total. The lowest BCUT2D eigenvalue weighted by Gasteiger charge is -2.13. The average molecular weight is 485 g/mol. The third-order valence-electron chi connectivity index (χ3n) is 4.84. The second kappa shape index (κ2) is 9.14. The van der Waals surface area contributed by atoms with E-state index in [1.54, 1.807) is 16.8 Å². The minimum absolute atomic E-state index is 0.0357. The highest BCUT2D eigenvalue weighted by Crippen LogP contribution is 2.23. The number of unbranched alkanes of at least 4 members (excludes halogenated alkanes) is 2. The van der Waals surface area contributed by atoms with Crippen LogP contribution in [0, 0.1) is 0 Å². The molecule has 0 fully saturated rings. The van der Waals surface area contributed by atoms with E-state index < -0.39 is 0 Å². The predicted octanol–water partition coefficient (Wildman–Crippen LogP) is 4.65. The average Bonchev–Trinajstić information content (AvgIpc) is 2.74. The summed E-state index contributed by atoms with van der Waals surface area (Å²) in [6.45, 7) is 2.76. The van der Waals surface area contributed by atoms with E-state index in [1.165, 1.54) is 22.2 Å². The molecule has 0 unspecified atom stereocenters. The highest BCUT2D eigenvalue weighted by atomic mass is 79.9. The minimum Gasteiger partial charge on any atom is -0.287 e. The van der Waals surface area contributed by atoms with Crippen molar-refractivity contribution in [3.63, 3.8) is 0 Å². The molecule has 0 bridgehead atoms. The minimum atomic E-state index is -0.118. The molecule has 0 saturated heterocycles. The van der Waals surface area contributed by atoms with Gasteiger partial charge in [0.05, 0.1) is 16.6 Å². The van der Waals surface area contributed by atoms with Crippen molar-refractivity contribution in [1.82, 2.24) is 18.9 Å². The molecule has 154 valence electrons. The smallest absolute Gasteiger partial charge is 0.262 e. The van der Waals surface area contributed by atoms with E-state index in [4.69, 9.17) is 4.98 Å². The van der Waals surface area contributed by atoms with Crippen LogP contribution in [0.3, 0.4) is 0 Å². The van der Waals surface area contributed by atoms with Crippen LogP contribution in [0.2, 0.25) is 0 Å². The molecule has 8 heteroatoms. The normalized spacial score (nSPS) is 11.4. The molecule has 0 spiro atoms. The van der Waals surface area contributed by atoms with Gasteiger partial charge < -0.3 is 0 Å². The summed E-state index contributed by atoms with van der Waals surface area (Å²) in [5.41, 5.74) is 1.79. The Hall–Kier alpha value is -2.45. The maximum atomic E-state index is 13.2. The van der Waals surface area contributed by atoms with Gasteiger partial charge in [-0.15, -0.1) is 0 Å². The molecule has 30 heavy (non-hydrogen) atoms. The zero-order valence-electron chi connectivity index (χ0n) is 16.5. The summed E-state index contributed by atoms with van der Waals surface area (Å²) < 4.78 is 4.12. The number of aromatic nitrogens is 4. The van der Waals surface area contributed by atoms with Gasteiger partial charge in [0.2, 0.25) is 0 Å². The molecule has 0 radical (unpaired) electrons. The number of hydrogen-bond acceptors (Lipinski definition) is 5. The Morgan fingerprint density at radius 2 is 1.93 bits per heavy atom. The first kappa shape index (κ1) is 20.8. The van der Waals surface area contributed by atoms with E-state index in [0.717, 1.165) is 23.7 Å². The highest BCUT2D eigenvalue weighted by Gasteiger charge is 2.13. The number of benzene rings is 1. The summed E-state index contributed by atoms with van der Waals surface area (Å²) in [5.74, 6) is 0.461. The van der Waals surface area contributed by atoms with E-state index in [9.17, 15) is 9.59 Å². The van der Waals surface area contributed by atoms with Crippen molar-refractivity contribution in [2.75, 3.05) is 0 Å². The number of halogens is 1. The number of pyridine rings is 1. The number of thioether (sulfide) groups is 1. The number of hydrogen-bond donors (Lipinski definition) is 0. The molecule has 0 atom stereocenters. The third kappa shape index (κ3) is 4.34. The van der Waals surface area contributed by atoms with E-state index in [2.05, 4.69) is 27.8 Å². The fourth-order valence-corrected chi connectivity index (χ4v) is 4.59. The van der Waals surface area contributed by atoms with Gasteiger partial charge in [-0.25, -0.2) is 9.97 Å². The van der Waals surface area contributed by atoms with Crippen LogP contribution in [0.25, 0.3) is 16.6 Å². The molecule has 4 rings (SSSR count). The van der Waals surface area contributed by atoms with E-state index in [-0.39, 0.29) is 11.1 Å². The Kier molecular flexibility index (Phi) is 6.34. The second-order valence-corrected chi connectivity index (χ2v) is 8.88. The molecule has 0 aliphatic heterocycles. The van der Waals surface area contributed by atoms with Gasteiger partial charge in [-0.05, 0) is 36.8 Å². The molecule has 3 aromatic heterocycles. The molecule has 0 N–H and O–H groups in total. The zero-order valence-corrected chi connectivity index (χ0v) is 18.9. The van der Waals surface area contributed by atoms with Crippen LogP contribution in [0.4, 0.5) is 0 Å². The van der Waals surface area contributed by atoms with Crippen LogP contribution < -0.4 is 11.1 Å². The number of nitrogens with zero attached hydrogens (tertiary/aromatic N) is 4. The molecule has 0 aliphatic carbocycles. The first-order chi connectivity index (χ1) is 14.6.